The molecule has 1 saturated carbocycles. The van der Waals surface area contributed by atoms with E-state index >= 15 is 0 Å². The van der Waals surface area contributed by atoms with Crippen molar-refractivity contribution in [1.82, 2.24) is 5.32 Å². The number of fused-ring (bicyclic) bond motifs is 1. The first-order valence-corrected chi connectivity index (χ1v) is 5.87. The minimum atomic E-state index is 0.137. The van der Waals surface area contributed by atoms with Crippen LogP contribution >= 0.6 is 0 Å². The quantitative estimate of drug-likeness (QED) is 0.823. The van der Waals surface area contributed by atoms with Gasteiger partial charge in [0.05, 0.1) is 12.6 Å². The maximum absolute atomic E-state index is 11.7. The van der Waals surface area contributed by atoms with Crippen molar-refractivity contribution < 1.29 is 9.53 Å². The molecular formula is C13H15NO2. The average Bonchev–Trinajstić information content (AvgIpc) is 3.13. The van der Waals surface area contributed by atoms with Gasteiger partial charge < -0.3 is 10.1 Å². The van der Waals surface area contributed by atoms with Crippen molar-refractivity contribution in [2.75, 3.05) is 6.61 Å². The molecule has 1 aliphatic carbocycles. The molecule has 16 heavy (non-hydrogen) atoms. The summed E-state index contributed by atoms with van der Waals surface area (Å²) >= 11 is 0. The Morgan fingerprint density at radius 2 is 2.06 bits per heavy atom. The number of ether oxygens (including phenoxy) is 1. The highest BCUT2D eigenvalue weighted by Gasteiger charge is 2.32. The van der Waals surface area contributed by atoms with Gasteiger partial charge in [0.1, 0.15) is 5.75 Å². The van der Waals surface area contributed by atoms with Crippen LogP contribution in [0.5, 0.6) is 5.75 Å². The van der Waals surface area contributed by atoms with Gasteiger partial charge in [-0.25, -0.2) is 0 Å². The van der Waals surface area contributed by atoms with Crippen molar-refractivity contribution in [2.45, 2.75) is 25.3 Å². The van der Waals surface area contributed by atoms with Crippen LogP contribution in [-0.4, -0.2) is 12.5 Å². The number of hydrogen-bond acceptors (Lipinski definition) is 2. The second-order valence-electron chi connectivity index (χ2n) is 4.51. The van der Waals surface area contributed by atoms with Gasteiger partial charge >= 0.3 is 0 Å². The van der Waals surface area contributed by atoms with Gasteiger partial charge in [0.15, 0.2) is 0 Å². The highest BCUT2D eigenvalue weighted by Crippen LogP contribution is 2.34. The first kappa shape index (κ1) is 9.70. The first-order chi connectivity index (χ1) is 7.84. The zero-order chi connectivity index (χ0) is 11.0. The molecule has 1 amide bonds. The third-order valence-corrected chi connectivity index (χ3v) is 3.22. The van der Waals surface area contributed by atoms with Crippen LogP contribution in [0.15, 0.2) is 24.3 Å². The lowest BCUT2D eigenvalue weighted by molar-refractivity contribution is -0.123. The maximum Gasteiger partial charge on any atom is 0.223 e. The Labute approximate surface area is 94.8 Å². The molecule has 0 saturated heterocycles. The standard InChI is InChI=1S/C13H15NO2/c15-13(9-5-6-9)14-11-7-8-16-12-4-2-1-3-10(11)12/h1-4,9,11H,5-8H2,(H,14,15)/t11-/m0/s1. The molecule has 3 nitrogen and oxygen atoms in total. The van der Waals surface area contributed by atoms with E-state index in [1.54, 1.807) is 0 Å². The molecule has 0 aromatic heterocycles. The molecule has 1 fully saturated rings. The number of benzene rings is 1. The number of para-hydroxylation sites is 1. The molecule has 0 bridgehead atoms. The second kappa shape index (κ2) is 3.81. The minimum Gasteiger partial charge on any atom is -0.493 e. The van der Waals surface area contributed by atoms with Crippen molar-refractivity contribution in [2.24, 2.45) is 5.92 Å². The molecule has 1 aromatic carbocycles. The number of hydrogen-bond donors (Lipinski definition) is 1. The zero-order valence-electron chi connectivity index (χ0n) is 9.11. The molecule has 0 unspecified atom stereocenters. The molecule has 0 spiro atoms. The van der Waals surface area contributed by atoms with Crippen LogP contribution in [-0.2, 0) is 4.79 Å². The molecule has 1 N–H and O–H groups in total. The van der Waals surface area contributed by atoms with E-state index in [0.29, 0.717) is 6.61 Å². The third-order valence-electron chi connectivity index (χ3n) is 3.22. The summed E-state index contributed by atoms with van der Waals surface area (Å²) in [5, 5.41) is 3.12. The van der Waals surface area contributed by atoms with Gasteiger partial charge in [-0.15, -0.1) is 0 Å². The van der Waals surface area contributed by atoms with E-state index in [1.807, 2.05) is 24.3 Å². The Hall–Kier alpha value is -1.51. The number of rotatable bonds is 2. The largest absolute Gasteiger partial charge is 0.493 e. The van der Waals surface area contributed by atoms with Gasteiger partial charge in [0.2, 0.25) is 5.91 Å². The van der Waals surface area contributed by atoms with Crippen molar-refractivity contribution in [3.63, 3.8) is 0 Å². The van der Waals surface area contributed by atoms with Crippen molar-refractivity contribution in [3.8, 4) is 5.75 Å². The van der Waals surface area contributed by atoms with E-state index in [9.17, 15) is 4.79 Å². The fourth-order valence-electron chi connectivity index (χ4n) is 2.13. The molecule has 1 aliphatic heterocycles. The first-order valence-electron chi connectivity index (χ1n) is 5.87. The Balaban J connectivity index is 1.78. The van der Waals surface area contributed by atoms with E-state index in [4.69, 9.17) is 4.74 Å². The summed E-state index contributed by atoms with van der Waals surface area (Å²) in [6.45, 7) is 0.687. The van der Waals surface area contributed by atoms with E-state index in [2.05, 4.69) is 5.32 Å². The lowest BCUT2D eigenvalue weighted by Crippen LogP contribution is -2.33. The zero-order valence-corrected chi connectivity index (χ0v) is 9.11. The average molecular weight is 217 g/mol. The monoisotopic (exact) mass is 217 g/mol. The molecule has 1 heterocycles. The van der Waals surface area contributed by atoms with Crippen molar-refractivity contribution >= 4 is 5.91 Å². The minimum absolute atomic E-state index is 0.137. The lowest BCUT2D eigenvalue weighted by Gasteiger charge is -2.26. The second-order valence-corrected chi connectivity index (χ2v) is 4.51. The van der Waals surface area contributed by atoms with Crippen LogP contribution in [0.4, 0.5) is 0 Å². The van der Waals surface area contributed by atoms with Crippen LogP contribution in [0, 0.1) is 5.92 Å². The molecule has 3 heteroatoms. The van der Waals surface area contributed by atoms with Crippen LogP contribution in [0.3, 0.4) is 0 Å². The molecule has 1 atom stereocenters. The number of amides is 1. The predicted molar refractivity (Wildman–Crippen MR) is 60.2 cm³/mol. The summed E-state index contributed by atoms with van der Waals surface area (Å²) in [5.41, 5.74) is 1.11. The Morgan fingerprint density at radius 1 is 1.25 bits per heavy atom. The molecule has 2 aliphatic rings. The molecular weight excluding hydrogens is 202 g/mol. The van der Waals surface area contributed by atoms with Gasteiger partial charge in [-0.1, -0.05) is 18.2 Å². The van der Waals surface area contributed by atoms with Crippen LogP contribution in [0.2, 0.25) is 0 Å². The molecule has 0 radical (unpaired) electrons. The SMILES string of the molecule is O=C(N[C@H]1CCOc2ccccc21)C1CC1. The van der Waals surface area contributed by atoms with Crippen molar-refractivity contribution in [3.05, 3.63) is 29.8 Å². The van der Waals surface area contributed by atoms with Crippen LogP contribution in [0.1, 0.15) is 30.9 Å². The van der Waals surface area contributed by atoms with E-state index < -0.39 is 0 Å². The van der Waals surface area contributed by atoms with E-state index in [1.165, 1.54) is 0 Å². The Kier molecular flexibility index (Phi) is 2.31. The molecule has 84 valence electrons. The number of carbonyl (C=O) groups excluding carboxylic acids is 1. The number of carbonyl (C=O) groups is 1. The van der Waals surface area contributed by atoms with Crippen molar-refractivity contribution in [1.29, 1.82) is 0 Å². The third kappa shape index (κ3) is 1.77. The lowest BCUT2D eigenvalue weighted by atomic mass is 10.0. The van der Waals surface area contributed by atoms with Gasteiger partial charge in [0.25, 0.3) is 0 Å². The van der Waals surface area contributed by atoms with E-state index in [0.717, 1.165) is 30.6 Å². The van der Waals surface area contributed by atoms with Crippen LogP contribution < -0.4 is 10.1 Å². The van der Waals surface area contributed by atoms with Gasteiger partial charge in [0, 0.05) is 17.9 Å². The van der Waals surface area contributed by atoms with Gasteiger partial charge in [-0.2, -0.15) is 0 Å². The Morgan fingerprint density at radius 3 is 2.88 bits per heavy atom. The highest BCUT2D eigenvalue weighted by molar-refractivity contribution is 5.81. The predicted octanol–water partition coefficient (Wildman–Crippen LogP) is 2.04. The molecule has 3 rings (SSSR count). The fourth-order valence-corrected chi connectivity index (χ4v) is 2.13. The summed E-state index contributed by atoms with van der Waals surface area (Å²) < 4.78 is 5.56. The summed E-state index contributed by atoms with van der Waals surface area (Å²) in [5.74, 6) is 1.39. The van der Waals surface area contributed by atoms with Gasteiger partial charge in [-0.3, -0.25) is 4.79 Å². The summed E-state index contributed by atoms with van der Waals surface area (Å²) in [7, 11) is 0. The van der Waals surface area contributed by atoms with Gasteiger partial charge in [-0.05, 0) is 18.9 Å². The smallest absolute Gasteiger partial charge is 0.223 e. The Bertz CT molecular complexity index is 412. The van der Waals surface area contributed by atoms with E-state index in [-0.39, 0.29) is 17.9 Å². The normalized spacial score (nSPS) is 23.1. The highest BCUT2D eigenvalue weighted by atomic mass is 16.5. The summed E-state index contributed by atoms with van der Waals surface area (Å²) in [4.78, 5) is 11.7. The molecule has 1 aromatic rings. The number of nitrogens with one attached hydrogen (secondary N) is 1. The topological polar surface area (TPSA) is 38.3 Å². The maximum atomic E-state index is 11.7. The van der Waals surface area contributed by atoms with Crippen LogP contribution in [0.25, 0.3) is 0 Å². The fraction of sp³-hybridized carbons (Fsp3) is 0.462. The summed E-state index contributed by atoms with van der Waals surface area (Å²) in [6, 6.07) is 8.09. The summed E-state index contributed by atoms with van der Waals surface area (Å²) in [6.07, 6.45) is 2.98.